The molecule has 28 heavy (non-hydrogen) atoms. The summed E-state index contributed by atoms with van der Waals surface area (Å²) in [5, 5.41) is 2.80. The van der Waals surface area contributed by atoms with E-state index in [0.717, 1.165) is 16.9 Å². The van der Waals surface area contributed by atoms with Gasteiger partial charge in [-0.1, -0.05) is 48.0 Å². The van der Waals surface area contributed by atoms with Crippen molar-refractivity contribution < 1.29 is 19.1 Å². The Labute approximate surface area is 171 Å². The maximum atomic E-state index is 13.0. The second kappa shape index (κ2) is 8.91. The number of hydrogen-bond donors (Lipinski definition) is 1. The van der Waals surface area contributed by atoms with Crippen LogP contribution in [0.2, 0.25) is 4.34 Å². The van der Waals surface area contributed by atoms with Crippen LogP contribution in [0, 0.1) is 6.92 Å². The number of rotatable bonds is 6. The number of esters is 1. The lowest BCUT2D eigenvalue weighted by molar-refractivity contribution is -0.125. The minimum Gasteiger partial charge on any atom is -0.495 e. The summed E-state index contributed by atoms with van der Waals surface area (Å²) in [4.78, 5) is 25.8. The zero-order chi connectivity index (χ0) is 20.1. The van der Waals surface area contributed by atoms with Gasteiger partial charge in [0.2, 0.25) is 6.10 Å². The monoisotopic (exact) mass is 415 g/mol. The number of carbonyl (C=O) groups is 2. The van der Waals surface area contributed by atoms with Crippen molar-refractivity contribution in [2.24, 2.45) is 0 Å². The van der Waals surface area contributed by atoms with Gasteiger partial charge in [0.15, 0.2) is 0 Å². The standard InChI is InChI=1S/C21H18ClNO4S/c1-13-8-9-16(26-2)15(12-13)23-20(24)19(14-6-4-3-5-7-14)27-21(25)17-10-11-18(22)28-17/h3-12,19H,1-2H3,(H,23,24)/t19-/m1/s1. The number of methoxy groups -OCH3 is 1. The summed E-state index contributed by atoms with van der Waals surface area (Å²) in [6.45, 7) is 1.91. The molecule has 1 N–H and O–H groups in total. The average Bonchev–Trinajstić information content (AvgIpc) is 3.13. The molecule has 0 bridgehead atoms. The third-order valence-corrected chi connectivity index (χ3v) is 5.16. The number of thiophene rings is 1. The Morgan fingerprint density at radius 2 is 1.82 bits per heavy atom. The fraction of sp³-hybridized carbons (Fsp3) is 0.143. The summed E-state index contributed by atoms with van der Waals surface area (Å²) in [6, 6.07) is 17.4. The van der Waals surface area contributed by atoms with E-state index in [1.807, 2.05) is 19.1 Å². The molecule has 7 heteroatoms. The Morgan fingerprint density at radius 1 is 1.07 bits per heavy atom. The summed E-state index contributed by atoms with van der Waals surface area (Å²) in [5.74, 6) is -0.578. The molecular weight excluding hydrogens is 398 g/mol. The van der Waals surface area contributed by atoms with Crippen LogP contribution >= 0.6 is 22.9 Å². The number of carbonyl (C=O) groups excluding carboxylic acids is 2. The smallest absolute Gasteiger partial charge is 0.349 e. The van der Waals surface area contributed by atoms with Crippen molar-refractivity contribution in [3.63, 3.8) is 0 Å². The number of hydrogen-bond acceptors (Lipinski definition) is 5. The normalized spacial score (nSPS) is 11.5. The van der Waals surface area contributed by atoms with Crippen molar-refractivity contribution in [3.8, 4) is 5.75 Å². The van der Waals surface area contributed by atoms with Crippen LogP contribution in [0.5, 0.6) is 5.75 Å². The van der Waals surface area contributed by atoms with Crippen molar-refractivity contribution in [1.82, 2.24) is 0 Å². The van der Waals surface area contributed by atoms with Crippen molar-refractivity contribution in [3.05, 3.63) is 81.0 Å². The SMILES string of the molecule is COc1ccc(C)cc1NC(=O)[C@H](OC(=O)c1ccc(Cl)s1)c1ccccc1. The Morgan fingerprint density at radius 3 is 2.46 bits per heavy atom. The zero-order valence-corrected chi connectivity index (χ0v) is 16.8. The van der Waals surface area contributed by atoms with Gasteiger partial charge in [-0.05, 0) is 36.8 Å². The molecule has 0 fully saturated rings. The second-order valence-electron chi connectivity index (χ2n) is 5.99. The van der Waals surface area contributed by atoms with Crippen LogP contribution in [0.1, 0.15) is 26.9 Å². The summed E-state index contributed by atoms with van der Waals surface area (Å²) < 4.78 is 11.3. The molecule has 0 saturated heterocycles. The highest BCUT2D eigenvalue weighted by Gasteiger charge is 2.27. The molecule has 3 rings (SSSR count). The lowest BCUT2D eigenvalue weighted by Crippen LogP contribution is -2.26. The zero-order valence-electron chi connectivity index (χ0n) is 15.3. The van der Waals surface area contributed by atoms with E-state index in [2.05, 4.69) is 5.32 Å². The van der Waals surface area contributed by atoms with E-state index in [9.17, 15) is 9.59 Å². The first kappa shape index (κ1) is 19.9. The average molecular weight is 416 g/mol. The van der Waals surface area contributed by atoms with Crippen LogP contribution in [-0.4, -0.2) is 19.0 Å². The van der Waals surface area contributed by atoms with Crippen LogP contribution < -0.4 is 10.1 Å². The molecule has 5 nitrogen and oxygen atoms in total. The highest BCUT2D eigenvalue weighted by atomic mass is 35.5. The second-order valence-corrected chi connectivity index (χ2v) is 7.71. The van der Waals surface area contributed by atoms with Gasteiger partial charge in [0, 0.05) is 5.56 Å². The minimum atomic E-state index is -1.13. The van der Waals surface area contributed by atoms with Gasteiger partial charge in [-0.15, -0.1) is 11.3 Å². The van der Waals surface area contributed by atoms with Gasteiger partial charge in [-0.25, -0.2) is 4.79 Å². The summed E-state index contributed by atoms with van der Waals surface area (Å²) in [5.41, 5.74) is 2.02. The molecule has 0 saturated carbocycles. The molecule has 0 unspecified atom stereocenters. The van der Waals surface area contributed by atoms with Crippen LogP contribution in [-0.2, 0) is 9.53 Å². The molecule has 0 aliphatic carbocycles. The summed E-state index contributed by atoms with van der Waals surface area (Å²) in [7, 11) is 1.52. The molecule has 1 aromatic heterocycles. The molecule has 0 radical (unpaired) electrons. The summed E-state index contributed by atoms with van der Waals surface area (Å²) in [6.07, 6.45) is -1.13. The third kappa shape index (κ3) is 4.71. The predicted molar refractivity (Wildman–Crippen MR) is 110 cm³/mol. The van der Waals surface area contributed by atoms with Gasteiger partial charge >= 0.3 is 5.97 Å². The third-order valence-electron chi connectivity index (χ3n) is 3.95. The van der Waals surface area contributed by atoms with Crippen molar-refractivity contribution >= 4 is 40.5 Å². The largest absolute Gasteiger partial charge is 0.495 e. The molecule has 0 aliphatic rings. The van der Waals surface area contributed by atoms with Crippen molar-refractivity contribution in [2.75, 3.05) is 12.4 Å². The molecule has 1 amide bonds. The molecular formula is C21H18ClNO4S. The van der Waals surface area contributed by atoms with Gasteiger partial charge in [0.05, 0.1) is 17.1 Å². The van der Waals surface area contributed by atoms with E-state index in [-0.39, 0.29) is 0 Å². The number of ether oxygens (including phenoxy) is 2. The first-order valence-electron chi connectivity index (χ1n) is 8.44. The number of anilines is 1. The minimum absolute atomic E-state index is 0.326. The Kier molecular flexibility index (Phi) is 6.34. The van der Waals surface area contributed by atoms with Crippen LogP contribution in [0.25, 0.3) is 0 Å². The van der Waals surface area contributed by atoms with Gasteiger partial charge in [-0.3, -0.25) is 4.79 Å². The molecule has 144 valence electrons. The van der Waals surface area contributed by atoms with Gasteiger partial charge in [-0.2, -0.15) is 0 Å². The number of aryl methyl sites for hydroxylation is 1. The van der Waals surface area contributed by atoms with Crippen LogP contribution in [0.3, 0.4) is 0 Å². The molecule has 3 aromatic rings. The highest BCUT2D eigenvalue weighted by molar-refractivity contribution is 7.17. The maximum absolute atomic E-state index is 13.0. The lowest BCUT2D eigenvalue weighted by Gasteiger charge is -2.19. The molecule has 1 atom stereocenters. The van der Waals surface area contributed by atoms with Gasteiger partial charge in [0.25, 0.3) is 5.91 Å². The van der Waals surface area contributed by atoms with E-state index in [0.29, 0.717) is 26.2 Å². The fourth-order valence-electron chi connectivity index (χ4n) is 2.61. The van der Waals surface area contributed by atoms with E-state index in [1.165, 1.54) is 7.11 Å². The Balaban J connectivity index is 1.87. The predicted octanol–water partition coefficient (Wildman–Crippen LogP) is 5.26. The van der Waals surface area contributed by atoms with E-state index < -0.39 is 18.0 Å². The fourth-order valence-corrected chi connectivity index (χ4v) is 3.53. The van der Waals surface area contributed by atoms with E-state index in [1.54, 1.807) is 48.5 Å². The lowest BCUT2D eigenvalue weighted by atomic mass is 10.1. The number of nitrogens with one attached hydrogen (secondary N) is 1. The molecule has 1 heterocycles. The Bertz CT molecular complexity index is 987. The first-order chi connectivity index (χ1) is 13.5. The number of halogens is 1. The van der Waals surface area contributed by atoms with Gasteiger partial charge in [0.1, 0.15) is 10.6 Å². The maximum Gasteiger partial charge on any atom is 0.349 e. The first-order valence-corrected chi connectivity index (χ1v) is 9.64. The summed E-state index contributed by atoms with van der Waals surface area (Å²) >= 11 is 6.99. The van der Waals surface area contributed by atoms with E-state index >= 15 is 0 Å². The van der Waals surface area contributed by atoms with Gasteiger partial charge < -0.3 is 14.8 Å². The number of amides is 1. The molecule has 0 aliphatic heterocycles. The number of benzene rings is 2. The van der Waals surface area contributed by atoms with Crippen LogP contribution in [0.15, 0.2) is 60.7 Å². The van der Waals surface area contributed by atoms with E-state index in [4.69, 9.17) is 21.1 Å². The molecule has 0 spiro atoms. The quantitative estimate of drug-likeness (QED) is 0.558. The Hall–Kier alpha value is -2.83. The highest BCUT2D eigenvalue weighted by Crippen LogP contribution is 2.29. The van der Waals surface area contributed by atoms with Crippen molar-refractivity contribution in [1.29, 1.82) is 0 Å². The topological polar surface area (TPSA) is 64.6 Å². The van der Waals surface area contributed by atoms with Crippen molar-refractivity contribution in [2.45, 2.75) is 13.0 Å². The van der Waals surface area contributed by atoms with Crippen LogP contribution in [0.4, 0.5) is 5.69 Å². The molecule has 2 aromatic carbocycles.